The van der Waals surface area contributed by atoms with Crippen LogP contribution in [-0.2, 0) is 0 Å². The minimum Gasteiger partial charge on any atom is -0.338 e. The van der Waals surface area contributed by atoms with Gasteiger partial charge in [-0.2, -0.15) is 0 Å². The van der Waals surface area contributed by atoms with Gasteiger partial charge in [0.2, 0.25) is 0 Å². The summed E-state index contributed by atoms with van der Waals surface area (Å²) in [6.45, 7) is 3.87. The number of likely N-dealkylation sites (tertiary alicyclic amines) is 1. The van der Waals surface area contributed by atoms with E-state index in [2.05, 4.69) is 29.5 Å². The Morgan fingerprint density at radius 3 is 2.80 bits per heavy atom. The van der Waals surface area contributed by atoms with Gasteiger partial charge in [0.1, 0.15) is 0 Å². The largest absolute Gasteiger partial charge is 0.338 e. The molecule has 0 bridgehead atoms. The van der Waals surface area contributed by atoms with Crippen LogP contribution in [0, 0.1) is 9.49 Å². The van der Waals surface area contributed by atoms with Gasteiger partial charge in [0, 0.05) is 21.7 Å². The van der Waals surface area contributed by atoms with Crippen LogP contribution in [0.3, 0.4) is 0 Å². The van der Waals surface area contributed by atoms with E-state index in [9.17, 15) is 4.79 Å². The Balaban J connectivity index is 2.22. The predicted octanol–water partition coefficient (Wildman–Crippen LogP) is 3.04. The lowest BCUT2D eigenvalue weighted by Crippen LogP contribution is -2.48. The van der Waals surface area contributed by atoms with Crippen molar-refractivity contribution in [1.29, 1.82) is 0 Å². The molecule has 15 heavy (non-hydrogen) atoms. The zero-order valence-electron chi connectivity index (χ0n) is 8.34. The van der Waals surface area contributed by atoms with Gasteiger partial charge in [0.25, 0.3) is 5.91 Å². The fraction of sp³-hybridized carbons (Fsp3) is 0.364. The van der Waals surface area contributed by atoms with Crippen LogP contribution in [0.25, 0.3) is 0 Å². The molecule has 4 heteroatoms. The first-order chi connectivity index (χ1) is 7.08. The van der Waals surface area contributed by atoms with Crippen molar-refractivity contribution in [3.8, 4) is 0 Å². The van der Waals surface area contributed by atoms with Crippen LogP contribution in [0.5, 0.6) is 0 Å². The summed E-state index contributed by atoms with van der Waals surface area (Å²) in [6, 6.07) is 5.42. The quantitative estimate of drug-likeness (QED) is 0.723. The van der Waals surface area contributed by atoms with Crippen LogP contribution >= 0.6 is 34.2 Å². The lowest BCUT2D eigenvalue weighted by atomic mass is 10.0. The Labute approximate surface area is 108 Å². The number of carbonyl (C=O) groups excluding carboxylic acids is 1. The van der Waals surface area contributed by atoms with Crippen LogP contribution in [0.15, 0.2) is 18.2 Å². The molecule has 0 aliphatic carbocycles. The molecule has 0 spiro atoms. The molecule has 1 aromatic rings. The van der Waals surface area contributed by atoms with Gasteiger partial charge in [-0.25, -0.2) is 0 Å². The Bertz CT molecular complexity index is 402. The molecule has 1 aliphatic heterocycles. The highest BCUT2D eigenvalue weighted by molar-refractivity contribution is 14.1. The lowest BCUT2D eigenvalue weighted by molar-refractivity contribution is 0.0529. The van der Waals surface area contributed by atoms with Gasteiger partial charge in [0.15, 0.2) is 0 Å². The molecule has 0 saturated carbocycles. The number of halogens is 2. The smallest absolute Gasteiger partial charge is 0.255 e. The molecule has 1 heterocycles. The highest BCUT2D eigenvalue weighted by atomic mass is 127. The average Bonchev–Trinajstić information content (AvgIpc) is 2.16. The van der Waals surface area contributed by atoms with Crippen LogP contribution in [0.2, 0.25) is 5.02 Å². The summed E-state index contributed by atoms with van der Waals surface area (Å²) < 4.78 is 0.960. The Morgan fingerprint density at radius 2 is 2.20 bits per heavy atom. The van der Waals surface area contributed by atoms with Crippen LogP contribution in [-0.4, -0.2) is 23.9 Å². The maximum absolute atomic E-state index is 12.0. The number of nitrogens with zero attached hydrogens (tertiary/aromatic N) is 1. The van der Waals surface area contributed by atoms with E-state index in [-0.39, 0.29) is 5.91 Å². The molecule has 1 aliphatic rings. The van der Waals surface area contributed by atoms with Gasteiger partial charge in [-0.05, 0) is 46.7 Å². The van der Waals surface area contributed by atoms with Crippen molar-refractivity contribution in [2.75, 3.05) is 13.1 Å². The summed E-state index contributed by atoms with van der Waals surface area (Å²) in [5.74, 6) is 0.728. The summed E-state index contributed by atoms with van der Waals surface area (Å²) >= 11 is 8.05. The van der Waals surface area contributed by atoms with E-state index in [1.807, 2.05) is 11.0 Å². The monoisotopic (exact) mass is 335 g/mol. The molecular formula is C11H11ClINO. The molecule has 1 saturated heterocycles. The summed E-state index contributed by atoms with van der Waals surface area (Å²) in [5, 5.41) is 0.618. The number of rotatable bonds is 1. The van der Waals surface area contributed by atoms with Gasteiger partial charge in [-0.3, -0.25) is 4.79 Å². The van der Waals surface area contributed by atoms with Crippen LogP contribution in [0.4, 0.5) is 0 Å². The van der Waals surface area contributed by atoms with E-state index in [1.54, 1.807) is 12.1 Å². The van der Waals surface area contributed by atoms with E-state index in [4.69, 9.17) is 11.6 Å². The minimum absolute atomic E-state index is 0.0972. The number of benzene rings is 1. The normalized spacial score (nSPS) is 16.3. The minimum atomic E-state index is 0.0972. The summed E-state index contributed by atoms with van der Waals surface area (Å²) in [6.07, 6.45) is 0. The van der Waals surface area contributed by atoms with Crippen molar-refractivity contribution in [3.63, 3.8) is 0 Å². The third-order valence-electron chi connectivity index (χ3n) is 2.51. The third-order valence-corrected chi connectivity index (χ3v) is 3.69. The van der Waals surface area contributed by atoms with E-state index in [0.29, 0.717) is 10.9 Å². The lowest BCUT2D eigenvalue weighted by Gasteiger charge is -2.37. The Hall–Kier alpha value is -0.290. The first-order valence-corrected chi connectivity index (χ1v) is 6.28. The van der Waals surface area contributed by atoms with Gasteiger partial charge >= 0.3 is 0 Å². The Kier molecular flexibility index (Phi) is 3.21. The Morgan fingerprint density at radius 1 is 1.53 bits per heavy atom. The molecule has 1 aromatic carbocycles. The molecule has 0 unspecified atom stereocenters. The van der Waals surface area contributed by atoms with Gasteiger partial charge in [-0.1, -0.05) is 18.5 Å². The first kappa shape index (κ1) is 11.2. The highest BCUT2D eigenvalue weighted by Crippen LogP contribution is 2.23. The van der Waals surface area contributed by atoms with E-state index in [1.165, 1.54) is 0 Å². The number of hydrogen-bond acceptors (Lipinski definition) is 1. The molecule has 0 aromatic heterocycles. The topological polar surface area (TPSA) is 20.3 Å². The molecule has 2 rings (SSSR count). The van der Waals surface area contributed by atoms with Crippen LogP contribution in [0.1, 0.15) is 17.3 Å². The molecule has 1 amide bonds. The second-order valence-corrected chi connectivity index (χ2v) is 5.54. The average molecular weight is 336 g/mol. The maximum Gasteiger partial charge on any atom is 0.255 e. The van der Waals surface area contributed by atoms with Gasteiger partial charge in [0.05, 0.1) is 5.56 Å². The number of amides is 1. The molecule has 1 fully saturated rings. The fourth-order valence-electron chi connectivity index (χ4n) is 1.70. The molecular weight excluding hydrogens is 324 g/mol. The number of hydrogen-bond donors (Lipinski definition) is 0. The molecule has 80 valence electrons. The maximum atomic E-state index is 12.0. The fourth-order valence-corrected chi connectivity index (χ4v) is 2.43. The zero-order chi connectivity index (χ0) is 11.0. The second-order valence-electron chi connectivity index (χ2n) is 3.94. The van der Waals surface area contributed by atoms with E-state index in [0.717, 1.165) is 22.2 Å². The van der Waals surface area contributed by atoms with E-state index < -0.39 is 0 Å². The van der Waals surface area contributed by atoms with Gasteiger partial charge < -0.3 is 4.90 Å². The first-order valence-electron chi connectivity index (χ1n) is 4.82. The summed E-state index contributed by atoms with van der Waals surface area (Å²) in [5.41, 5.74) is 0.718. The van der Waals surface area contributed by atoms with Crippen molar-refractivity contribution in [2.24, 2.45) is 5.92 Å². The third kappa shape index (κ3) is 2.28. The second kappa shape index (κ2) is 4.29. The summed E-state index contributed by atoms with van der Waals surface area (Å²) in [4.78, 5) is 13.9. The number of carbonyl (C=O) groups is 1. The standard InChI is InChI=1S/C11H11ClINO/c1-7-5-14(6-7)11(15)9-4-8(12)2-3-10(9)13/h2-4,7H,5-6H2,1H3. The molecule has 0 N–H and O–H groups in total. The van der Waals surface area contributed by atoms with Gasteiger partial charge in [-0.15, -0.1) is 0 Å². The highest BCUT2D eigenvalue weighted by Gasteiger charge is 2.28. The van der Waals surface area contributed by atoms with Crippen molar-refractivity contribution in [2.45, 2.75) is 6.92 Å². The van der Waals surface area contributed by atoms with Crippen LogP contribution < -0.4 is 0 Å². The van der Waals surface area contributed by atoms with Crippen molar-refractivity contribution in [1.82, 2.24) is 4.90 Å². The summed E-state index contributed by atoms with van der Waals surface area (Å²) in [7, 11) is 0. The van der Waals surface area contributed by atoms with Crippen molar-refractivity contribution >= 4 is 40.1 Å². The molecule has 2 nitrogen and oxygen atoms in total. The van der Waals surface area contributed by atoms with E-state index >= 15 is 0 Å². The zero-order valence-corrected chi connectivity index (χ0v) is 11.2. The molecule has 0 radical (unpaired) electrons. The van der Waals surface area contributed by atoms with Crippen molar-refractivity contribution < 1.29 is 4.79 Å². The molecule has 0 atom stereocenters. The SMILES string of the molecule is CC1CN(C(=O)c2cc(Cl)ccc2I)C1. The predicted molar refractivity (Wildman–Crippen MR) is 69.2 cm³/mol. The van der Waals surface area contributed by atoms with Crippen molar-refractivity contribution in [3.05, 3.63) is 32.4 Å².